The summed E-state index contributed by atoms with van der Waals surface area (Å²) in [6.07, 6.45) is 4.08. The van der Waals surface area contributed by atoms with E-state index in [1.54, 1.807) is 24.3 Å². The van der Waals surface area contributed by atoms with E-state index in [9.17, 15) is 13.6 Å². The number of alkyl halides is 2. The summed E-state index contributed by atoms with van der Waals surface area (Å²) >= 11 is 0. The Labute approximate surface area is 207 Å². The molecule has 0 fully saturated rings. The number of nitrogens with zero attached hydrogens (tertiary/aromatic N) is 4. The van der Waals surface area contributed by atoms with Gasteiger partial charge >= 0.3 is 6.55 Å². The van der Waals surface area contributed by atoms with Gasteiger partial charge in [0.05, 0.1) is 17.8 Å². The largest absolute Gasteiger partial charge is 0.333 e. The third-order valence-electron chi connectivity index (χ3n) is 5.78. The van der Waals surface area contributed by atoms with Crippen molar-refractivity contribution in [1.82, 2.24) is 20.1 Å². The minimum atomic E-state index is -2.72. The lowest BCUT2D eigenvalue weighted by molar-refractivity contribution is -0.118. The molecule has 7 nitrogen and oxygen atoms in total. The van der Waals surface area contributed by atoms with Gasteiger partial charge in [0.1, 0.15) is 11.9 Å². The highest BCUT2D eigenvalue weighted by molar-refractivity contribution is 5.95. The van der Waals surface area contributed by atoms with E-state index >= 15 is 0 Å². The number of nitrogens with one attached hydrogen (secondary N) is 2. The molecule has 0 saturated heterocycles. The first-order chi connectivity index (χ1) is 17.4. The summed E-state index contributed by atoms with van der Waals surface area (Å²) in [4.78, 5) is 17.5. The van der Waals surface area contributed by atoms with E-state index in [1.165, 1.54) is 18.6 Å². The average Bonchev–Trinajstić information content (AvgIpc) is 3.41. The summed E-state index contributed by atoms with van der Waals surface area (Å²) in [5.41, 5.74) is 3.57. The summed E-state index contributed by atoms with van der Waals surface area (Å²) in [7, 11) is 0. The van der Waals surface area contributed by atoms with Gasteiger partial charge in [-0.2, -0.15) is 19.1 Å². The van der Waals surface area contributed by atoms with Gasteiger partial charge in [-0.1, -0.05) is 49.4 Å². The van der Waals surface area contributed by atoms with Crippen molar-refractivity contribution < 1.29 is 13.6 Å². The Hall–Kier alpha value is -4.42. The number of amides is 1. The van der Waals surface area contributed by atoms with E-state index in [2.05, 4.69) is 26.8 Å². The third kappa shape index (κ3) is 5.98. The van der Waals surface area contributed by atoms with Crippen molar-refractivity contribution in [2.24, 2.45) is 0 Å². The van der Waals surface area contributed by atoms with Crippen LogP contribution in [0.15, 0.2) is 85.3 Å². The average molecular weight is 487 g/mol. The molecule has 0 spiro atoms. The van der Waals surface area contributed by atoms with Gasteiger partial charge in [0.15, 0.2) is 0 Å². The molecule has 1 amide bonds. The highest BCUT2D eigenvalue weighted by Gasteiger charge is 2.22. The van der Waals surface area contributed by atoms with Gasteiger partial charge in [-0.05, 0) is 41.3 Å². The molecule has 0 aliphatic heterocycles. The van der Waals surface area contributed by atoms with Gasteiger partial charge in [0.25, 0.3) is 0 Å². The molecule has 2 aromatic carbocycles. The van der Waals surface area contributed by atoms with E-state index in [1.807, 2.05) is 49.4 Å². The zero-order chi connectivity index (χ0) is 25.5. The normalized spacial score (nSPS) is 12.6. The number of hydrogen-bond donors (Lipinski definition) is 2. The number of aromatic nitrogens is 3. The van der Waals surface area contributed by atoms with Crippen LogP contribution in [0.25, 0.3) is 11.1 Å². The van der Waals surface area contributed by atoms with Crippen LogP contribution in [-0.4, -0.2) is 27.2 Å². The Bertz CT molecular complexity index is 1330. The zero-order valence-corrected chi connectivity index (χ0v) is 19.5. The van der Waals surface area contributed by atoms with Crippen LogP contribution < -0.4 is 10.6 Å². The summed E-state index contributed by atoms with van der Waals surface area (Å²) in [6.45, 7) is -0.142. The monoisotopic (exact) mass is 486 g/mol. The zero-order valence-electron chi connectivity index (χ0n) is 19.5. The van der Waals surface area contributed by atoms with Crippen molar-refractivity contribution in [3.63, 3.8) is 0 Å². The predicted octanol–water partition coefficient (Wildman–Crippen LogP) is 5.28. The van der Waals surface area contributed by atoms with Crippen molar-refractivity contribution in [2.45, 2.75) is 25.4 Å². The van der Waals surface area contributed by atoms with E-state index in [4.69, 9.17) is 5.26 Å². The minimum Gasteiger partial charge on any atom is -0.309 e. The van der Waals surface area contributed by atoms with E-state index < -0.39 is 12.6 Å². The van der Waals surface area contributed by atoms with Crippen LogP contribution in [0.2, 0.25) is 0 Å². The SMILES string of the molecule is CC(CN[C@H](C(=O)Nc1ccc(-c2cnn(C(F)F)c2)cn1)c1ccccc1)c1ccc(C#N)cc1. The number of hydrogen-bond acceptors (Lipinski definition) is 5. The number of carbonyl (C=O) groups is 1. The molecular formula is C27H24F2N6O. The standard InChI is InChI=1S/C27H24F2N6O/c1-18(20-9-7-19(13-30)8-10-20)14-32-25(21-5-3-2-4-6-21)26(36)34-24-12-11-22(15-31-24)23-16-33-35(17-23)27(28)29/h2-12,15-18,25,27,32H,14H2,1H3,(H,31,34,36)/t18?,25-/m0/s1. The molecule has 182 valence electrons. The Morgan fingerprint density at radius 3 is 2.36 bits per heavy atom. The molecule has 2 N–H and O–H groups in total. The molecule has 0 saturated carbocycles. The van der Waals surface area contributed by atoms with Crippen LogP contribution >= 0.6 is 0 Å². The Morgan fingerprint density at radius 2 is 1.75 bits per heavy atom. The Morgan fingerprint density at radius 1 is 1.00 bits per heavy atom. The van der Waals surface area contributed by atoms with Crippen molar-refractivity contribution in [3.05, 3.63) is 102 Å². The third-order valence-corrected chi connectivity index (χ3v) is 5.78. The van der Waals surface area contributed by atoms with Crippen molar-refractivity contribution in [3.8, 4) is 17.2 Å². The molecule has 36 heavy (non-hydrogen) atoms. The molecule has 9 heteroatoms. The van der Waals surface area contributed by atoms with Crippen molar-refractivity contribution in [1.29, 1.82) is 5.26 Å². The molecule has 2 aromatic heterocycles. The van der Waals surface area contributed by atoms with E-state index in [0.717, 1.165) is 11.1 Å². The number of nitriles is 1. The fourth-order valence-corrected chi connectivity index (χ4v) is 3.74. The smallest absolute Gasteiger partial charge is 0.309 e. The predicted molar refractivity (Wildman–Crippen MR) is 132 cm³/mol. The topological polar surface area (TPSA) is 95.6 Å². The highest BCUT2D eigenvalue weighted by atomic mass is 19.3. The summed E-state index contributed by atoms with van der Waals surface area (Å²) in [6, 6.07) is 21.6. The number of pyridine rings is 1. The Kier molecular flexibility index (Phi) is 7.78. The summed E-state index contributed by atoms with van der Waals surface area (Å²) in [5.74, 6) is 0.162. The fourth-order valence-electron chi connectivity index (χ4n) is 3.74. The quantitative estimate of drug-likeness (QED) is 0.335. The van der Waals surface area contributed by atoms with Crippen LogP contribution in [-0.2, 0) is 4.79 Å². The first-order valence-corrected chi connectivity index (χ1v) is 11.3. The number of rotatable bonds is 9. The first-order valence-electron chi connectivity index (χ1n) is 11.3. The van der Waals surface area contributed by atoms with Gasteiger partial charge in [-0.15, -0.1) is 0 Å². The summed E-state index contributed by atoms with van der Waals surface area (Å²) in [5, 5.41) is 18.8. The second-order valence-electron chi connectivity index (χ2n) is 8.29. The number of halogens is 2. The van der Waals surface area contributed by atoms with Crippen LogP contribution in [0.4, 0.5) is 14.6 Å². The number of carbonyl (C=O) groups excluding carboxylic acids is 1. The maximum atomic E-state index is 13.2. The maximum Gasteiger partial charge on any atom is 0.333 e. The van der Waals surface area contributed by atoms with Crippen molar-refractivity contribution in [2.75, 3.05) is 11.9 Å². The van der Waals surface area contributed by atoms with E-state index in [0.29, 0.717) is 33.7 Å². The molecular weight excluding hydrogens is 462 g/mol. The molecule has 0 aliphatic rings. The van der Waals surface area contributed by atoms with Crippen LogP contribution in [0.3, 0.4) is 0 Å². The van der Waals surface area contributed by atoms with Gasteiger partial charge in [0, 0.05) is 30.1 Å². The fraction of sp³-hybridized carbons (Fsp3) is 0.185. The minimum absolute atomic E-state index is 0.100. The van der Waals surface area contributed by atoms with Crippen LogP contribution in [0.5, 0.6) is 0 Å². The van der Waals surface area contributed by atoms with Gasteiger partial charge in [-0.3, -0.25) is 4.79 Å². The molecule has 0 aliphatic carbocycles. The first kappa shape index (κ1) is 24.7. The molecule has 0 bridgehead atoms. The van der Waals surface area contributed by atoms with Crippen LogP contribution in [0, 0.1) is 11.3 Å². The highest BCUT2D eigenvalue weighted by Crippen LogP contribution is 2.23. The van der Waals surface area contributed by atoms with Crippen molar-refractivity contribution >= 4 is 11.7 Å². The molecule has 4 aromatic rings. The van der Waals surface area contributed by atoms with Gasteiger partial charge in [-0.25, -0.2) is 9.67 Å². The lowest BCUT2D eigenvalue weighted by Crippen LogP contribution is -2.35. The van der Waals surface area contributed by atoms with Crippen LogP contribution in [0.1, 0.15) is 42.1 Å². The number of benzene rings is 2. The lowest BCUT2D eigenvalue weighted by atomic mass is 9.98. The molecule has 1 unspecified atom stereocenters. The molecule has 4 rings (SSSR count). The molecule has 2 atom stereocenters. The molecule has 0 radical (unpaired) electrons. The van der Waals surface area contributed by atoms with E-state index in [-0.39, 0.29) is 11.8 Å². The lowest BCUT2D eigenvalue weighted by Gasteiger charge is -2.21. The van der Waals surface area contributed by atoms with Gasteiger partial charge in [0.2, 0.25) is 5.91 Å². The number of anilines is 1. The second kappa shape index (κ2) is 11.3. The Balaban J connectivity index is 1.45. The van der Waals surface area contributed by atoms with Gasteiger partial charge < -0.3 is 10.6 Å². The maximum absolute atomic E-state index is 13.2. The second-order valence-corrected chi connectivity index (χ2v) is 8.29. The molecule has 2 heterocycles. The summed E-state index contributed by atoms with van der Waals surface area (Å²) < 4.78 is 26.1.